The third-order valence-corrected chi connectivity index (χ3v) is 5.63. The van der Waals surface area contributed by atoms with Crippen molar-refractivity contribution in [2.75, 3.05) is 25.5 Å². The number of anilines is 1. The van der Waals surface area contributed by atoms with Crippen LogP contribution in [-0.2, 0) is 15.0 Å². The maximum absolute atomic E-state index is 12.9. The van der Waals surface area contributed by atoms with Gasteiger partial charge in [0.05, 0.1) is 25.0 Å². The zero-order valence-electron chi connectivity index (χ0n) is 21.1. The Kier molecular flexibility index (Phi) is 9.95. The van der Waals surface area contributed by atoms with E-state index in [1.165, 1.54) is 12.8 Å². The number of hydrogen-bond donors (Lipinski definition) is 1. The van der Waals surface area contributed by atoms with Crippen molar-refractivity contribution in [2.45, 2.75) is 78.6 Å². The summed E-state index contributed by atoms with van der Waals surface area (Å²) in [7, 11) is 1.62. The van der Waals surface area contributed by atoms with Crippen molar-refractivity contribution >= 4 is 17.6 Å². The lowest BCUT2D eigenvalue weighted by molar-refractivity contribution is -0.134. The summed E-state index contributed by atoms with van der Waals surface area (Å²) < 4.78 is 6.97. The van der Waals surface area contributed by atoms with Gasteiger partial charge in [-0.05, 0) is 37.6 Å². The second-order valence-corrected chi connectivity index (χ2v) is 9.39. The van der Waals surface area contributed by atoms with Crippen molar-refractivity contribution in [3.05, 3.63) is 36.0 Å². The molecule has 0 aliphatic rings. The maximum Gasteiger partial charge on any atom is 0.245 e. The van der Waals surface area contributed by atoms with Gasteiger partial charge in [0.1, 0.15) is 11.6 Å². The number of benzene rings is 1. The number of aromatic nitrogens is 2. The van der Waals surface area contributed by atoms with Crippen LogP contribution in [0.1, 0.15) is 78.8 Å². The fraction of sp³-hybridized carbons (Fsp3) is 0.577. The molecular formula is C26H40N4O3. The Bertz CT molecular complexity index is 897. The van der Waals surface area contributed by atoms with Crippen LogP contribution in [0.5, 0.6) is 5.75 Å². The van der Waals surface area contributed by atoms with Crippen molar-refractivity contribution in [1.29, 1.82) is 0 Å². The Morgan fingerprint density at radius 1 is 1.06 bits per heavy atom. The summed E-state index contributed by atoms with van der Waals surface area (Å²) in [6.45, 7) is 10.9. The number of methoxy groups -OCH3 is 1. The van der Waals surface area contributed by atoms with Crippen molar-refractivity contribution in [1.82, 2.24) is 14.7 Å². The fourth-order valence-corrected chi connectivity index (χ4v) is 3.53. The van der Waals surface area contributed by atoms with E-state index in [0.717, 1.165) is 36.4 Å². The molecule has 2 aromatic rings. The van der Waals surface area contributed by atoms with E-state index in [1.807, 2.05) is 37.3 Å². The van der Waals surface area contributed by atoms with Gasteiger partial charge in [-0.1, -0.05) is 53.4 Å². The molecule has 0 atom stereocenters. The Labute approximate surface area is 198 Å². The fourth-order valence-electron chi connectivity index (χ4n) is 3.53. The largest absolute Gasteiger partial charge is 0.497 e. The smallest absolute Gasteiger partial charge is 0.245 e. The molecule has 182 valence electrons. The minimum absolute atomic E-state index is 0.0307. The average molecular weight is 457 g/mol. The molecule has 0 fully saturated rings. The molecule has 33 heavy (non-hydrogen) atoms. The van der Waals surface area contributed by atoms with E-state index in [1.54, 1.807) is 16.7 Å². The highest BCUT2D eigenvalue weighted by atomic mass is 16.5. The van der Waals surface area contributed by atoms with Gasteiger partial charge in [0.25, 0.3) is 0 Å². The van der Waals surface area contributed by atoms with E-state index >= 15 is 0 Å². The number of nitrogens with zero attached hydrogens (tertiary/aromatic N) is 3. The first kappa shape index (κ1) is 26.4. The van der Waals surface area contributed by atoms with Gasteiger partial charge in [0.2, 0.25) is 11.8 Å². The molecule has 1 aromatic carbocycles. The number of nitrogens with one attached hydrogen (secondary N) is 1. The monoisotopic (exact) mass is 456 g/mol. The number of unbranched alkanes of at least 4 members (excludes halogenated alkanes) is 4. The Balaban J connectivity index is 2.11. The third-order valence-electron chi connectivity index (χ3n) is 5.63. The van der Waals surface area contributed by atoms with Crippen LogP contribution in [0.4, 0.5) is 5.82 Å². The Morgan fingerprint density at radius 2 is 1.73 bits per heavy atom. The van der Waals surface area contributed by atoms with Crippen LogP contribution in [0, 0.1) is 0 Å². The molecule has 2 amide bonds. The number of ether oxygens (including phenoxy) is 1. The molecule has 0 aliphatic heterocycles. The molecular weight excluding hydrogens is 416 g/mol. The quantitative estimate of drug-likeness (QED) is 0.438. The number of carbonyl (C=O) groups is 2. The summed E-state index contributed by atoms with van der Waals surface area (Å²) in [5.74, 6) is 1.13. The van der Waals surface area contributed by atoms with Crippen LogP contribution in [0.25, 0.3) is 5.69 Å². The first-order valence-corrected chi connectivity index (χ1v) is 12.0. The Hall–Kier alpha value is -2.83. The second kappa shape index (κ2) is 12.4. The molecule has 0 spiro atoms. The van der Waals surface area contributed by atoms with E-state index in [-0.39, 0.29) is 23.8 Å². The van der Waals surface area contributed by atoms with E-state index in [0.29, 0.717) is 18.8 Å². The highest BCUT2D eigenvalue weighted by Crippen LogP contribution is 2.27. The number of hydrogen-bond acceptors (Lipinski definition) is 4. The Morgan fingerprint density at radius 3 is 2.30 bits per heavy atom. The zero-order valence-corrected chi connectivity index (χ0v) is 21.1. The predicted molar refractivity (Wildman–Crippen MR) is 133 cm³/mol. The normalized spacial score (nSPS) is 11.3. The highest BCUT2D eigenvalue weighted by Gasteiger charge is 2.22. The van der Waals surface area contributed by atoms with E-state index in [2.05, 4.69) is 33.0 Å². The molecule has 1 N–H and O–H groups in total. The molecule has 0 bridgehead atoms. The number of carbonyl (C=O) groups excluding carboxylic acids is 2. The molecule has 1 heterocycles. The summed E-state index contributed by atoms with van der Waals surface area (Å²) in [4.78, 5) is 27.1. The lowest BCUT2D eigenvalue weighted by atomic mass is 9.92. The maximum atomic E-state index is 12.9. The van der Waals surface area contributed by atoms with Gasteiger partial charge < -0.3 is 15.0 Å². The molecule has 2 rings (SSSR count). The van der Waals surface area contributed by atoms with Crippen LogP contribution in [0.2, 0.25) is 0 Å². The molecule has 0 unspecified atom stereocenters. The van der Waals surface area contributed by atoms with Crippen molar-refractivity contribution in [3.8, 4) is 11.4 Å². The lowest BCUT2D eigenvalue weighted by Crippen LogP contribution is -2.38. The third kappa shape index (κ3) is 7.91. The summed E-state index contributed by atoms with van der Waals surface area (Å²) in [6.07, 6.45) is 5.95. The van der Waals surface area contributed by atoms with Crippen molar-refractivity contribution < 1.29 is 14.3 Å². The molecule has 0 aliphatic carbocycles. The van der Waals surface area contributed by atoms with Gasteiger partial charge in [-0.3, -0.25) is 9.59 Å². The first-order valence-electron chi connectivity index (χ1n) is 12.0. The molecule has 0 saturated heterocycles. The second-order valence-electron chi connectivity index (χ2n) is 9.39. The van der Waals surface area contributed by atoms with E-state index < -0.39 is 0 Å². The topological polar surface area (TPSA) is 76.5 Å². The van der Waals surface area contributed by atoms with Gasteiger partial charge >= 0.3 is 0 Å². The van der Waals surface area contributed by atoms with Crippen LogP contribution in [0.3, 0.4) is 0 Å². The van der Waals surface area contributed by atoms with Gasteiger partial charge in [-0.2, -0.15) is 5.10 Å². The minimum Gasteiger partial charge on any atom is -0.497 e. The van der Waals surface area contributed by atoms with Crippen LogP contribution in [-0.4, -0.2) is 46.7 Å². The molecule has 0 radical (unpaired) electrons. The summed E-state index contributed by atoms with van der Waals surface area (Å²) >= 11 is 0. The first-order chi connectivity index (χ1) is 15.7. The standard InChI is InChI=1S/C26H40N4O3/c1-7-9-10-11-12-13-25(32)29(8-2)19-24(31)27-23-18-22(26(3,4)5)28-30(23)20-14-16-21(33-6)17-15-20/h14-18H,7-13,19H2,1-6H3,(H,27,31). The van der Waals surface area contributed by atoms with Gasteiger partial charge in [0.15, 0.2) is 0 Å². The number of rotatable bonds is 12. The molecule has 1 aromatic heterocycles. The average Bonchev–Trinajstić information content (AvgIpc) is 3.21. The minimum atomic E-state index is -0.230. The summed E-state index contributed by atoms with van der Waals surface area (Å²) in [6, 6.07) is 9.41. The van der Waals surface area contributed by atoms with E-state index in [9.17, 15) is 9.59 Å². The van der Waals surface area contributed by atoms with Crippen molar-refractivity contribution in [3.63, 3.8) is 0 Å². The lowest BCUT2D eigenvalue weighted by Gasteiger charge is -2.20. The van der Waals surface area contributed by atoms with E-state index in [4.69, 9.17) is 9.84 Å². The van der Waals surface area contributed by atoms with Crippen LogP contribution < -0.4 is 10.1 Å². The van der Waals surface area contributed by atoms with Crippen LogP contribution >= 0.6 is 0 Å². The van der Waals surface area contributed by atoms with Crippen LogP contribution in [0.15, 0.2) is 30.3 Å². The van der Waals surface area contributed by atoms with Gasteiger partial charge in [-0.25, -0.2) is 4.68 Å². The molecule has 0 saturated carbocycles. The van der Waals surface area contributed by atoms with Crippen molar-refractivity contribution in [2.24, 2.45) is 0 Å². The van der Waals surface area contributed by atoms with Gasteiger partial charge in [-0.15, -0.1) is 0 Å². The molecule has 7 nitrogen and oxygen atoms in total. The predicted octanol–water partition coefficient (Wildman–Crippen LogP) is 5.33. The SMILES string of the molecule is CCCCCCCC(=O)N(CC)CC(=O)Nc1cc(C(C)(C)C)nn1-c1ccc(OC)cc1. The number of amides is 2. The summed E-state index contributed by atoms with van der Waals surface area (Å²) in [5.41, 5.74) is 1.50. The molecule has 7 heteroatoms. The van der Waals surface area contributed by atoms with Gasteiger partial charge in [0, 0.05) is 24.4 Å². The highest BCUT2D eigenvalue weighted by molar-refractivity contribution is 5.94. The number of likely N-dealkylation sites (N-methyl/N-ethyl adjacent to an activating group) is 1. The summed E-state index contributed by atoms with van der Waals surface area (Å²) in [5, 5.41) is 7.71. The zero-order chi connectivity index (χ0) is 24.4.